The smallest absolute Gasteiger partial charge is 0.259 e. The van der Waals surface area contributed by atoms with Gasteiger partial charge in [-0.05, 0) is 65.7 Å². The van der Waals surface area contributed by atoms with Gasteiger partial charge in [0.05, 0.1) is 27.0 Å². The molecule has 0 bridgehead atoms. The van der Waals surface area contributed by atoms with Crippen molar-refractivity contribution in [2.24, 2.45) is 5.10 Å². The average molecular weight is 482 g/mol. The van der Waals surface area contributed by atoms with Gasteiger partial charge in [0.1, 0.15) is 12.4 Å². The Kier molecular flexibility index (Phi) is 8.88. The van der Waals surface area contributed by atoms with Crippen molar-refractivity contribution in [2.45, 2.75) is 6.61 Å². The highest BCUT2D eigenvalue weighted by molar-refractivity contribution is 6.30. The van der Waals surface area contributed by atoms with Crippen molar-refractivity contribution in [2.75, 3.05) is 20.8 Å². The number of hydrogen-bond acceptors (Lipinski definition) is 6. The van der Waals surface area contributed by atoms with E-state index in [0.29, 0.717) is 34.4 Å². The number of amides is 2. The maximum atomic E-state index is 12.3. The summed E-state index contributed by atoms with van der Waals surface area (Å²) in [5.41, 5.74) is 4.50. The zero-order valence-corrected chi connectivity index (χ0v) is 19.5. The van der Waals surface area contributed by atoms with Gasteiger partial charge in [-0.25, -0.2) is 5.43 Å². The summed E-state index contributed by atoms with van der Waals surface area (Å²) in [6.07, 6.45) is 1.50. The zero-order valence-electron chi connectivity index (χ0n) is 18.7. The van der Waals surface area contributed by atoms with E-state index in [9.17, 15) is 9.59 Å². The molecule has 0 unspecified atom stereocenters. The Morgan fingerprint density at radius 3 is 2.32 bits per heavy atom. The molecular formula is C25H24ClN3O5. The van der Waals surface area contributed by atoms with E-state index in [2.05, 4.69) is 15.8 Å². The molecule has 0 aliphatic rings. The van der Waals surface area contributed by atoms with Gasteiger partial charge in [-0.2, -0.15) is 5.10 Å². The Bertz CT molecular complexity index is 1150. The summed E-state index contributed by atoms with van der Waals surface area (Å²) >= 11 is 5.88. The number of carbonyl (C=O) groups is 2. The summed E-state index contributed by atoms with van der Waals surface area (Å²) in [4.78, 5) is 24.2. The van der Waals surface area contributed by atoms with E-state index in [4.69, 9.17) is 25.8 Å². The number of carbonyl (C=O) groups excluding carboxylic acids is 2. The molecule has 3 aromatic rings. The Morgan fingerprint density at radius 1 is 0.941 bits per heavy atom. The van der Waals surface area contributed by atoms with Gasteiger partial charge in [0.15, 0.2) is 11.5 Å². The summed E-state index contributed by atoms with van der Waals surface area (Å²) in [6, 6.07) is 19.4. The second kappa shape index (κ2) is 12.3. The molecule has 0 aliphatic heterocycles. The Labute approximate surface area is 202 Å². The molecule has 34 heavy (non-hydrogen) atoms. The first-order valence-corrected chi connectivity index (χ1v) is 10.7. The zero-order chi connectivity index (χ0) is 24.3. The Hall–Kier alpha value is -4.04. The molecule has 0 spiro atoms. The first-order chi connectivity index (χ1) is 16.5. The molecule has 8 nitrogen and oxygen atoms in total. The minimum absolute atomic E-state index is 0.234. The minimum Gasteiger partial charge on any atom is -0.493 e. The summed E-state index contributed by atoms with van der Waals surface area (Å²) < 4.78 is 16.1. The van der Waals surface area contributed by atoms with Gasteiger partial charge >= 0.3 is 0 Å². The van der Waals surface area contributed by atoms with Crippen molar-refractivity contribution in [3.05, 3.63) is 88.4 Å². The molecule has 0 radical (unpaired) electrons. The van der Waals surface area contributed by atoms with Crippen LogP contribution in [-0.4, -0.2) is 38.8 Å². The van der Waals surface area contributed by atoms with E-state index in [-0.39, 0.29) is 6.54 Å². The first kappa shape index (κ1) is 24.6. The van der Waals surface area contributed by atoms with Gasteiger partial charge in [-0.3, -0.25) is 9.59 Å². The predicted octanol–water partition coefficient (Wildman–Crippen LogP) is 3.82. The summed E-state index contributed by atoms with van der Waals surface area (Å²) in [5, 5.41) is 7.12. The second-order valence-corrected chi connectivity index (χ2v) is 7.47. The molecule has 3 rings (SSSR count). The van der Waals surface area contributed by atoms with Gasteiger partial charge in [-0.1, -0.05) is 23.7 Å². The van der Waals surface area contributed by atoms with Crippen molar-refractivity contribution < 1.29 is 23.8 Å². The topological polar surface area (TPSA) is 98.2 Å². The molecule has 2 N–H and O–H groups in total. The lowest BCUT2D eigenvalue weighted by Crippen LogP contribution is -2.34. The van der Waals surface area contributed by atoms with Crippen LogP contribution in [0.5, 0.6) is 17.2 Å². The van der Waals surface area contributed by atoms with Crippen molar-refractivity contribution in [3.63, 3.8) is 0 Å². The fourth-order valence-electron chi connectivity index (χ4n) is 2.86. The lowest BCUT2D eigenvalue weighted by Gasteiger charge is -2.09. The van der Waals surface area contributed by atoms with Crippen molar-refractivity contribution in [1.29, 1.82) is 0 Å². The highest BCUT2D eigenvalue weighted by Gasteiger charge is 2.11. The van der Waals surface area contributed by atoms with Crippen LogP contribution >= 0.6 is 11.6 Å². The first-order valence-electron chi connectivity index (χ1n) is 10.3. The van der Waals surface area contributed by atoms with Crippen LogP contribution in [0, 0.1) is 0 Å². The predicted molar refractivity (Wildman–Crippen MR) is 130 cm³/mol. The van der Waals surface area contributed by atoms with Gasteiger partial charge in [0.2, 0.25) is 0 Å². The number of nitrogens with zero attached hydrogens (tertiary/aromatic N) is 1. The quantitative estimate of drug-likeness (QED) is 0.339. The third kappa shape index (κ3) is 7.25. The van der Waals surface area contributed by atoms with Crippen LogP contribution in [0.25, 0.3) is 0 Å². The van der Waals surface area contributed by atoms with E-state index < -0.39 is 11.8 Å². The maximum Gasteiger partial charge on any atom is 0.259 e. The third-order valence-electron chi connectivity index (χ3n) is 4.66. The van der Waals surface area contributed by atoms with Crippen LogP contribution in [0.3, 0.4) is 0 Å². The molecule has 0 heterocycles. The fraction of sp³-hybridized carbons (Fsp3) is 0.160. The number of hydrogen-bond donors (Lipinski definition) is 2. The highest BCUT2D eigenvalue weighted by Crippen LogP contribution is 2.27. The normalized spacial score (nSPS) is 10.6. The van der Waals surface area contributed by atoms with Crippen molar-refractivity contribution in [1.82, 2.24) is 10.7 Å². The number of methoxy groups -OCH3 is 2. The number of benzene rings is 3. The SMILES string of the molecule is COc1ccc(C(=O)NCC(=O)NN=Cc2ccc(OCc3ccc(Cl)cc3)cc2)cc1OC. The molecule has 0 aromatic heterocycles. The van der Waals surface area contributed by atoms with Gasteiger partial charge in [0, 0.05) is 10.6 Å². The van der Waals surface area contributed by atoms with Crippen LogP contribution in [-0.2, 0) is 11.4 Å². The monoisotopic (exact) mass is 481 g/mol. The van der Waals surface area contributed by atoms with Crippen LogP contribution in [0.2, 0.25) is 5.02 Å². The number of ether oxygens (including phenoxy) is 3. The van der Waals surface area contributed by atoms with E-state index in [1.54, 1.807) is 12.1 Å². The summed E-state index contributed by atoms with van der Waals surface area (Å²) in [7, 11) is 2.99. The molecule has 0 saturated heterocycles. The molecule has 0 fully saturated rings. The number of halogens is 1. The third-order valence-corrected chi connectivity index (χ3v) is 4.91. The van der Waals surface area contributed by atoms with E-state index in [1.165, 1.54) is 26.5 Å². The van der Waals surface area contributed by atoms with E-state index >= 15 is 0 Å². The molecular weight excluding hydrogens is 458 g/mol. The molecule has 0 aliphatic carbocycles. The second-order valence-electron chi connectivity index (χ2n) is 7.03. The lowest BCUT2D eigenvalue weighted by atomic mass is 10.2. The Balaban J connectivity index is 1.42. The van der Waals surface area contributed by atoms with Gasteiger partial charge < -0.3 is 19.5 Å². The number of rotatable bonds is 10. The fourth-order valence-corrected chi connectivity index (χ4v) is 2.98. The highest BCUT2D eigenvalue weighted by atomic mass is 35.5. The minimum atomic E-state index is -0.465. The number of hydrazone groups is 1. The Morgan fingerprint density at radius 2 is 1.65 bits per heavy atom. The molecule has 0 saturated carbocycles. The van der Waals surface area contributed by atoms with Crippen LogP contribution in [0.1, 0.15) is 21.5 Å². The van der Waals surface area contributed by atoms with Crippen LogP contribution in [0.4, 0.5) is 0 Å². The summed E-state index contributed by atoms with van der Waals surface area (Å²) in [6.45, 7) is 0.192. The van der Waals surface area contributed by atoms with Crippen LogP contribution in [0.15, 0.2) is 71.8 Å². The molecule has 0 atom stereocenters. The molecule has 3 aromatic carbocycles. The van der Waals surface area contributed by atoms with E-state index in [1.807, 2.05) is 48.5 Å². The van der Waals surface area contributed by atoms with Gasteiger partial charge in [0.25, 0.3) is 11.8 Å². The molecule has 9 heteroatoms. The van der Waals surface area contributed by atoms with Gasteiger partial charge in [-0.15, -0.1) is 0 Å². The number of nitrogens with one attached hydrogen (secondary N) is 2. The average Bonchev–Trinajstić information content (AvgIpc) is 2.87. The maximum absolute atomic E-state index is 12.3. The van der Waals surface area contributed by atoms with Crippen LogP contribution < -0.4 is 25.0 Å². The largest absolute Gasteiger partial charge is 0.493 e. The molecule has 2 amide bonds. The van der Waals surface area contributed by atoms with Crippen molar-refractivity contribution >= 4 is 29.6 Å². The standard InChI is InChI=1S/C25H24ClN3O5/c1-32-22-12-7-19(13-23(22)33-2)25(31)27-15-24(30)29-28-14-17-5-10-21(11-6-17)34-16-18-3-8-20(26)9-4-18/h3-14H,15-16H2,1-2H3,(H,27,31)(H,29,30). The lowest BCUT2D eigenvalue weighted by molar-refractivity contribution is -0.120. The van der Waals surface area contributed by atoms with Crippen molar-refractivity contribution in [3.8, 4) is 17.2 Å². The molecule has 176 valence electrons. The van der Waals surface area contributed by atoms with E-state index in [0.717, 1.165) is 11.1 Å². The summed E-state index contributed by atoms with van der Waals surface area (Å²) in [5.74, 6) is 0.745.